The van der Waals surface area contributed by atoms with E-state index in [4.69, 9.17) is 0 Å². The second-order valence-electron chi connectivity index (χ2n) is 3.99. The van der Waals surface area contributed by atoms with Gasteiger partial charge < -0.3 is 4.57 Å². The van der Waals surface area contributed by atoms with Crippen molar-refractivity contribution in [2.45, 2.75) is 17.8 Å². The Balaban J connectivity index is 1.75. The van der Waals surface area contributed by atoms with E-state index in [0.29, 0.717) is 0 Å². The van der Waals surface area contributed by atoms with E-state index in [9.17, 15) is 0 Å². The SMILES string of the molecule is Cc1nc(CSc2nnc(-c3cccs3)n2C)cs1. The number of aryl methyl sites for hydroxylation is 1. The van der Waals surface area contributed by atoms with E-state index in [-0.39, 0.29) is 0 Å². The van der Waals surface area contributed by atoms with Crippen LogP contribution in [0.3, 0.4) is 0 Å². The lowest BCUT2D eigenvalue weighted by atomic mass is 10.4. The summed E-state index contributed by atoms with van der Waals surface area (Å²) in [6.07, 6.45) is 0. The summed E-state index contributed by atoms with van der Waals surface area (Å²) in [4.78, 5) is 5.60. The van der Waals surface area contributed by atoms with Gasteiger partial charge >= 0.3 is 0 Å². The van der Waals surface area contributed by atoms with Gasteiger partial charge in [0.25, 0.3) is 0 Å². The minimum absolute atomic E-state index is 0.834. The molecule has 3 aromatic heterocycles. The molecule has 98 valence electrons. The molecule has 0 aromatic carbocycles. The fraction of sp³-hybridized carbons (Fsp3) is 0.250. The molecule has 0 aliphatic carbocycles. The molecule has 0 aliphatic heterocycles. The molecular formula is C12H12N4S3. The van der Waals surface area contributed by atoms with E-state index >= 15 is 0 Å². The number of nitrogens with zero attached hydrogens (tertiary/aromatic N) is 4. The second kappa shape index (κ2) is 5.44. The van der Waals surface area contributed by atoms with Crippen LogP contribution in [-0.4, -0.2) is 19.7 Å². The van der Waals surface area contributed by atoms with Crippen LogP contribution in [0, 0.1) is 6.92 Å². The van der Waals surface area contributed by atoms with Crippen molar-refractivity contribution in [3.8, 4) is 10.7 Å². The number of aromatic nitrogens is 4. The van der Waals surface area contributed by atoms with E-state index in [2.05, 4.69) is 32.0 Å². The lowest BCUT2D eigenvalue weighted by Crippen LogP contribution is -1.94. The van der Waals surface area contributed by atoms with Gasteiger partial charge in [-0.1, -0.05) is 17.8 Å². The van der Waals surface area contributed by atoms with E-state index < -0.39 is 0 Å². The normalized spacial score (nSPS) is 11.1. The minimum Gasteiger partial charge on any atom is -0.304 e. The third kappa shape index (κ3) is 2.72. The fourth-order valence-corrected chi connectivity index (χ4v) is 3.94. The monoisotopic (exact) mass is 308 g/mol. The van der Waals surface area contributed by atoms with Gasteiger partial charge in [0.1, 0.15) is 0 Å². The topological polar surface area (TPSA) is 43.6 Å². The molecule has 3 rings (SSSR count). The van der Waals surface area contributed by atoms with E-state index in [0.717, 1.165) is 32.3 Å². The lowest BCUT2D eigenvalue weighted by Gasteiger charge is -2.01. The van der Waals surface area contributed by atoms with Gasteiger partial charge in [0, 0.05) is 18.2 Å². The minimum atomic E-state index is 0.834. The Morgan fingerprint density at radius 2 is 2.21 bits per heavy atom. The van der Waals surface area contributed by atoms with E-state index in [1.54, 1.807) is 34.4 Å². The summed E-state index contributed by atoms with van der Waals surface area (Å²) in [5.41, 5.74) is 1.10. The molecule has 0 radical (unpaired) electrons. The highest BCUT2D eigenvalue weighted by atomic mass is 32.2. The molecule has 4 nitrogen and oxygen atoms in total. The maximum absolute atomic E-state index is 4.45. The van der Waals surface area contributed by atoms with Crippen molar-refractivity contribution in [1.82, 2.24) is 19.7 Å². The molecule has 0 unspecified atom stereocenters. The number of hydrogen-bond donors (Lipinski definition) is 0. The molecule has 0 amide bonds. The smallest absolute Gasteiger partial charge is 0.191 e. The highest BCUT2D eigenvalue weighted by Crippen LogP contribution is 2.27. The molecular weight excluding hydrogens is 296 g/mol. The van der Waals surface area contributed by atoms with Crippen molar-refractivity contribution >= 4 is 34.4 Å². The van der Waals surface area contributed by atoms with Crippen LogP contribution >= 0.6 is 34.4 Å². The van der Waals surface area contributed by atoms with Crippen LogP contribution in [0.1, 0.15) is 10.7 Å². The van der Waals surface area contributed by atoms with Gasteiger partial charge in [0.05, 0.1) is 15.6 Å². The first-order chi connectivity index (χ1) is 9.24. The average Bonchev–Trinajstić information content (AvgIpc) is 3.09. The summed E-state index contributed by atoms with van der Waals surface area (Å²) in [5, 5.41) is 14.7. The highest BCUT2D eigenvalue weighted by molar-refractivity contribution is 7.98. The first-order valence-electron chi connectivity index (χ1n) is 5.71. The largest absolute Gasteiger partial charge is 0.304 e. The first kappa shape index (κ1) is 12.8. The van der Waals surface area contributed by atoms with Crippen LogP contribution in [0.25, 0.3) is 10.7 Å². The van der Waals surface area contributed by atoms with Crippen molar-refractivity contribution in [2.24, 2.45) is 7.05 Å². The van der Waals surface area contributed by atoms with Crippen molar-refractivity contribution in [3.63, 3.8) is 0 Å². The zero-order chi connectivity index (χ0) is 13.2. The van der Waals surface area contributed by atoms with Crippen LogP contribution in [-0.2, 0) is 12.8 Å². The molecule has 0 aliphatic rings. The maximum atomic E-state index is 4.45. The zero-order valence-corrected chi connectivity index (χ0v) is 13.0. The maximum Gasteiger partial charge on any atom is 0.191 e. The number of thiophene rings is 1. The zero-order valence-electron chi connectivity index (χ0n) is 10.5. The Hall–Kier alpha value is -1.18. The molecule has 0 fully saturated rings. The number of thioether (sulfide) groups is 1. The Kier molecular flexibility index (Phi) is 3.67. The Labute approximate surface area is 123 Å². The first-order valence-corrected chi connectivity index (χ1v) is 8.45. The van der Waals surface area contributed by atoms with Crippen LogP contribution in [0.2, 0.25) is 0 Å². The molecule has 7 heteroatoms. The molecule has 0 bridgehead atoms. The Morgan fingerprint density at radius 1 is 1.32 bits per heavy atom. The van der Waals surface area contributed by atoms with Crippen LogP contribution < -0.4 is 0 Å². The highest BCUT2D eigenvalue weighted by Gasteiger charge is 2.12. The molecule has 3 aromatic rings. The summed E-state index contributed by atoms with van der Waals surface area (Å²) in [6.45, 7) is 2.02. The van der Waals surface area contributed by atoms with Gasteiger partial charge in [-0.05, 0) is 18.4 Å². The summed E-state index contributed by atoms with van der Waals surface area (Å²) in [5.74, 6) is 1.76. The van der Waals surface area contributed by atoms with Crippen molar-refractivity contribution < 1.29 is 0 Å². The third-order valence-electron chi connectivity index (χ3n) is 2.59. The second-order valence-corrected chi connectivity index (χ2v) is 6.94. The molecule has 0 saturated heterocycles. The number of hydrogen-bond acceptors (Lipinski definition) is 6. The van der Waals surface area contributed by atoms with Crippen molar-refractivity contribution in [3.05, 3.63) is 33.6 Å². The van der Waals surface area contributed by atoms with Crippen LogP contribution in [0.5, 0.6) is 0 Å². The van der Waals surface area contributed by atoms with Gasteiger partial charge in [-0.3, -0.25) is 0 Å². The lowest BCUT2D eigenvalue weighted by molar-refractivity contribution is 0.794. The number of rotatable bonds is 4. The van der Waals surface area contributed by atoms with E-state index in [1.807, 2.05) is 24.6 Å². The average molecular weight is 308 g/mol. The molecule has 0 spiro atoms. The van der Waals surface area contributed by atoms with Crippen molar-refractivity contribution in [1.29, 1.82) is 0 Å². The van der Waals surface area contributed by atoms with Gasteiger partial charge in [-0.15, -0.1) is 32.9 Å². The quantitative estimate of drug-likeness (QED) is 0.691. The Morgan fingerprint density at radius 3 is 2.89 bits per heavy atom. The van der Waals surface area contributed by atoms with Crippen LogP contribution in [0.15, 0.2) is 28.0 Å². The summed E-state index contributed by atoms with van der Waals surface area (Å²) in [6, 6.07) is 4.09. The number of thiazole rings is 1. The summed E-state index contributed by atoms with van der Waals surface area (Å²) < 4.78 is 2.04. The Bertz CT molecular complexity index is 669. The van der Waals surface area contributed by atoms with Gasteiger partial charge in [-0.25, -0.2) is 4.98 Å². The van der Waals surface area contributed by atoms with Gasteiger partial charge in [0.15, 0.2) is 11.0 Å². The van der Waals surface area contributed by atoms with Gasteiger partial charge in [0.2, 0.25) is 0 Å². The molecule has 19 heavy (non-hydrogen) atoms. The van der Waals surface area contributed by atoms with E-state index in [1.165, 1.54) is 0 Å². The molecule has 3 heterocycles. The predicted molar refractivity (Wildman–Crippen MR) is 80.7 cm³/mol. The van der Waals surface area contributed by atoms with Gasteiger partial charge in [-0.2, -0.15) is 0 Å². The molecule has 0 atom stereocenters. The standard InChI is InChI=1S/C12H12N4S3/c1-8-13-9(6-18-8)7-19-12-15-14-11(16(12)2)10-4-3-5-17-10/h3-6H,7H2,1-2H3. The third-order valence-corrected chi connectivity index (χ3v) is 5.33. The van der Waals surface area contributed by atoms with Crippen molar-refractivity contribution in [2.75, 3.05) is 0 Å². The molecule has 0 saturated carbocycles. The summed E-state index contributed by atoms with van der Waals surface area (Å²) >= 11 is 5.03. The van der Waals surface area contributed by atoms with Crippen LogP contribution in [0.4, 0.5) is 0 Å². The molecule has 0 N–H and O–H groups in total. The summed E-state index contributed by atoms with van der Waals surface area (Å²) in [7, 11) is 2.00. The predicted octanol–water partition coefficient (Wildman–Crippen LogP) is 3.60. The fourth-order valence-electron chi connectivity index (χ4n) is 1.67.